The van der Waals surface area contributed by atoms with Crippen LogP contribution in [0.5, 0.6) is 5.75 Å². The SMILES string of the molecule is COc1ccccc1CNC(=O)c1cccc(C(=O)NCc2ccc(F)cc2)n1. The fraction of sp³-hybridized carbons (Fsp3) is 0.136. The minimum atomic E-state index is -0.422. The van der Waals surface area contributed by atoms with Crippen molar-refractivity contribution in [1.82, 2.24) is 15.6 Å². The van der Waals surface area contributed by atoms with Gasteiger partial charge in [-0.05, 0) is 35.9 Å². The van der Waals surface area contributed by atoms with Crippen LogP contribution in [0, 0.1) is 5.82 Å². The number of carbonyl (C=O) groups excluding carboxylic acids is 2. The third-order valence-corrected chi connectivity index (χ3v) is 4.21. The van der Waals surface area contributed by atoms with Crippen molar-refractivity contribution in [2.75, 3.05) is 7.11 Å². The number of hydrogen-bond acceptors (Lipinski definition) is 4. The zero-order valence-electron chi connectivity index (χ0n) is 15.8. The van der Waals surface area contributed by atoms with E-state index in [1.54, 1.807) is 25.3 Å². The predicted molar refractivity (Wildman–Crippen MR) is 106 cm³/mol. The molecule has 0 saturated carbocycles. The molecule has 1 aromatic heterocycles. The van der Waals surface area contributed by atoms with E-state index in [-0.39, 0.29) is 30.3 Å². The van der Waals surface area contributed by atoms with E-state index in [2.05, 4.69) is 15.6 Å². The summed E-state index contributed by atoms with van der Waals surface area (Å²) in [5.74, 6) is -0.485. The molecule has 1 heterocycles. The summed E-state index contributed by atoms with van der Waals surface area (Å²) in [6.45, 7) is 0.497. The lowest BCUT2D eigenvalue weighted by Gasteiger charge is -2.10. The molecule has 2 aromatic carbocycles. The first-order valence-corrected chi connectivity index (χ1v) is 8.96. The van der Waals surface area contributed by atoms with Gasteiger partial charge in [0.15, 0.2) is 0 Å². The third-order valence-electron chi connectivity index (χ3n) is 4.21. The molecular formula is C22H20FN3O3. The van der Waals surface area contributed by atoms with Gasteiger partial charge < -0.3 is 15.4 Å². The first kappa shape index (κ1) is 20.0. The van der Waals surface area contributed by atoms with Gasteiger partial charge in [0.05, 0.1) is 7.11 Å². The summed E-state index contributed by atoms with van der Waals surface area (Å²) in [7, 11) is 1.57. The Labute approximate surface area is 167 Å². The normalized spacial score (nSPS) is 10.3. The molecule has 2 N–H and O–H groups in total. The molecule has 2 amide bonds. The van der Waals surface area contributed by atoms with Gasteiger partial charge in [0.1, 0.15) is 23.0 Å². The smallest absolute Gasteiger partial charge is 0.270 e. The molecule has 0 aliphatic heterocycles. The van der Waals surface area contributed by atoms with E-state index in [1.165, 1.54) is 24.3 Å². The lowest BCUT2D eigenvalue weighted by molar-refractivity contribution is 0.0941. The fourth-order valence-electron chi connectivity index (χ4n) is 2.68. The van der Waals surface area contributed by atoms with Gasteiger partial charge >= 0.3 is 0 Å². The molecule has 0 unspecified atom stereocenters. The van der Waals surface area contributed by atoms with E-state index in [4.69, 9.17) is 4.74 Å². The number of methoxy groups -OCH3 is 1. The van der Waals surface area contributed by atoms with E-state index >= 15 is 0 Å². The van der Waals surface area contributed by atoms with Crippen LogP contribution in [0.3, 0.4) is 0 Å². The highest BCUT2D eigenvalue weighted by molar-refractivity contribution is 5.96. The van der Waals surface area contributed by atoms with Gasteiger partial charge in [-0.25, -0.2) is 9.37 Å². The van der Waals surface area contributed by atoms with Crippen molar-refractivity contribution >= 4 is 11.8 Å². The molecule has 0 radical (unpaired) electrons. The number of hydrogen-bond donors (Lipinski definition) is 2. The van der Waals surface area contributed by atoms with Crippen LogP contribution in [0.2, 0.25) is 0 Å². The molecule has 0 aliphatic rings. The second-order valence-corrected chi connectivity index (χ2v) is 6.21. The van der Waals surface area contributed by atoms with Gasteiger partial charge in [0, 0.05) is 18.7 Å². The predicted octanol–water partition coefficient (Wildman–Crippen LogP) is 3.09. The molecule has 6 nitrogen and oxygen atoms in total. The first-order chi connectivity index (χ1) is 14.1. The van der Waals surface area contributed by atoms with E-state index in [0.717, 1.165) is 11.1 Å². The van der Waals surface area contributed by atoms with Gasteiger partial charge in [0.2, 0.25) is 0 Å². The Morgan fingerprint density at radius 2 is 1.48 bits per heavy atom. The van der Waals surface area contributed by atoms with E-state index in [1.807, 2.05) is 24.3 Å². The summed E-state index contributed by atoms with van der Waals surface area (Å²) in [6.07, 6.45) is 0. The van der Waals surface area contributed by atoms with E-state index < -0.39 is 11.8 Å². The summed E-state index contributed by atoms with van der Waals surface area (Å²) in [5.41, 5.74) is 1.84. The maximum atomic E-state index is 12.9. The van der Waals surface area contributed by atoms with Crippen LogP contribution < -0.4 is 15.4 Å². The topological polar surface area (TPSA) is 80.3 Å². The first-order valence-electron chi connectivity index (χ1n) is 8.96. The quantitative estimate of drug-likeness (QED) is 0.647. The Bertz CT molecular complexity index is 1010. The highest BCUT2D eigenvalue weighted by atomic mass is 19.1. The number of pyridine rings is 1. The van der Waals surface area contributed by atoms with Crippen molar-refractivity contribution in [2.45, 2.75) is 13.1 Å². The fourth-order valence-corrected chi connectivity index (χ4v) is 2.68. The number of nitrogens with one attached hydrogen (secondary N) is 2. The zero-order chi connectivity index (χ0) is 20.6. The number of nitrogens with zero attached hydrogens (tertiary/aromatic N) is 1. The Morgan fingerprint density at radius 1 is 0.862 bits per heavy atom. The second kappa shape index (κ2) is 9.45. The molecule has 0 saturated heterocycles. The minimum absolute atomic E-state index is 0.122. The molecular weight excluding hydrogens is 373 g/mol. The number of benzene rings is 2. The van der Waals surface area contributed by atoms with Gasteiger partial charge in [-0.2, -0.15) is 0 Å². The van der Waals surface area contributed by atoms with Crippen molar-refractivity contribution in [1.29, 1.82) is 0 Å². The van der Waals surface area contributed by atoms with Crippen LogP contribution in [0.4, 0.5) is 4.39 Å². The van der Waals surface area contributed by atoms with Crippen LogP contribution in [-0.4, -0.2) is 23.9 Å². The Hall–Kier alpha value is -3.74. The maximum Gasteiger partial charge on any atom is 0.270 e. The third kappa shape index (κ3) is 5.38. The van der Waals surface area contributed by atoms with Gasteiger partial charge in [-0.3, -0.25) is 9.59 Å². The van der Waals surface area contributed by atoms with Crippen LogP contribution >= 0.6 is 0 Å². The molecule has 0 fully saturated rings. The number of amides is 2. The maximum absolute atomic E-state index is 12.9. The molecule has 0 bridgehead atoms. The summed E-state index contributed by atoms with van der Waals surface area (Å²) in [4.78, 5) is 28.9. The molecule has 0 spiro atoms. The van der Waals surface area contributed by atoms with Gasteiger partial charge in [0.25, 0.3) is 11.8 Å². The number of carbonyl (C=O) groups is 2. The monoisotopic (exact) mass is 393 g/mol. The standard InChI is InChI=1S/C22H20FN3O3/c1-29-20-8-3-2-5-16(20)14-25-22(28)19-7-4-6-18(26-19)21(27)24-13-15-9-11-17(23)12-10-15/h2-12H,13-14H2,1H3,(H,24,27)(H,25,28). The Kier molecular flexibility index (Phi) is 6.52. The highest BCUT2D eigenvalue weighted by Crippen LogP contribution is 2.16. The average Bonchev–Trinajstić information content (AvgIpc) is 2.77. The summed E-state index contributed by atoms with van der Waals surface area (Å²) in [6, 6.07) is 17.9. The Balaban J connectivity index is 1.61. The van der Waals surface area contributed by atoms with Gasteiger partial charge in [-0.15, -0.1) is 0 Å². The van der Waals surface area contributed by atoms with E-state index in [9.17, 15) is 14.0 Å². The molecule has 29 heavy (non-hydrogen) atoms. The van der Waals surface area contributed by atoms with E-state index in [0.29, 0.717) is 5.75 Å². The summed E-state index contributed by atoms with van der Waals surface area (Å²) < 4.78 is 18.2. The number of rotatable bonds is 7. The van der Waals surface area contributed by atoms with Crippen LogP contribution in [0.25, 0.3) is 0 Å². The van der Waals surface area contributed by atoms with Crippen LogP contribution in [-0.2, 0) is 13.1 Å². The van der Waals surface area contributed by atoms with Crippen molar-refractivity contribution < 1.29 is 18.7 Å². The van der Waals surface area contributed by atoms with Crippen molar-refractivity contribution in [3.8, 4) is 5.75 Å². The minimum Gasteiger partial charge on any atom is -0.496 e. The van der Waals surface area contributed by atoms with Gasteiger partial charge in [-0.1, -0.05) is 36.4 Å². The summed E-state index contributed by atoms with van der Waals surface area (Å²) in [5, 5.41) is 5.47. The van der Waals surface area contributed by atoms with Crippen molar-refractivity contribution in [2.24, 2.45) is 0 Å². The molecule has 0 atom stereocenters. The Morgan fingerprint density at radius 3 is 2.14 bits per heavy atom. The van der Waals surface area contributed by atoms with Crippen molar-refractivity contribution in [3.63, 3.8) is 0 Å². The molecule has 7 heteroatoms. The number of para-hydroxylation sites is 1. The lowest BCUT2D eigenvalue weighted by Crippen LogP contribution is -2.27. The molecule has 0 aliphatic carbocycles. The lowest BCUT2D eigenvalue weighted by atomic mass is 10.2. The second-order valence-electron chi connectivity index (χ2n) is 6.21. The van der Waals surface area contributed by atoms with Crippen molar-refractivity contribution in [3.05, 3.63) is 95.1 Å². The molecule has 148 valence electrons. The number of ether oxygens (including phenoxy) is 1. The number of halogens is 1. The van der Waals surface area contributed by atoms with Crippen LogP contribution in [0.15, 0.2) is 66.7 Å². The summed E-state index contributed by atoms with van der Waals surface area (Å²) >= 11 is 0. The van der Waals surface area contributed by atoms with Crippen LogP contribution in [0.1, 0.15) is 32.1 Å². The molecule has 3 rings (SSSR count). The number of aromatic nitrogens is 1. The highest BCUT2D eigenvalue weighted by Gasteiger charge is 2.13. The molecule has 3 aromatic rings. The largest absolute Gasteiger partial charge is 0.496 e. The zero-order valence-corrected chi connectivity index (χ0v) is 15.8. The average molecular weight is 393 g/mol.